The predicted molar refractivity (Wildman–Crippen MR) is 177 cm³/mol. The van der Waals surface area contributed by atoms with Crippen LogP contribution in [0.2, 0.25) is 0 Å². The zero-order valence-corrected chi connectivity index (χ0v) is 27.8. The van der Waals surface area contributed by atoms with Crippen molar-refractivity contribution in [2.45, 2.75) is 89.8 Å². The fraction of sp³-hybridized carbons (Fsp3) is 0.588. The van der Waals surface area contributed by atoms with Crippen molar-refractivity contribution in [2.24, 2.45) is 10.9 Å². The van der Waals surface area contributed by atoms with Crippen molar-refractivity contribution >= 4 is 41.0 Å². The fourth-order valence-corrected chi connectivity index (χ4v) is 6.64. The third-order valence-corrected chi connectivity index (χ3v) is 9.03. The maximum Gasteiger partial charge on any atom is 0.410 e. The molecule has 3 aromatic rings. The molecule has 6 rings (SSSR count). The smallest absolute Gasteiger partial charge is 0.410 e. The van der Waals surface area contributed by atoms with Gasteiger partial charge in [-0.1, -0.05) is 12.1 Å². The van der Waals surface area contributed by atoms with Gasteiger partial charge in [0.25, 0.3) is 6.43 Å². The molecule has 0 radical (unpaired) electrons. The Bertz CT molecular complexity index is 1630. The van der Waals surface area contributed by atoms with E-state index >= 15 is 0 Å². The molecule has 0 bridgehead atoms. The van der Waals surface area contributed by atoms with Gasteiger partial charge in [-0.05, 0) is 83.8 Å². The number of likely N-dealkylation sites (tertiary alicyclic amines) is 1. The number of rotatable bonds is 8. The molecular weight excluding hydrogens is 622 g/mol. The summed E-state index contributed by atoms with van der Waals surface area (Å²) in [4.78, 5) is 47.5. The highest BCUT2D eigenvalue weighted by Crippen LogP contribution is 2.31. The molecule has 48 heavy (non-hydrogen) atoms. The van der Waals surface area contributed by atoms with Gasteiger partial charge in [-0.2, -0.15) is 9.97 Å². The van der Waals surface area contributed by atoms with E-state index in [9.17, 15) is 18.4 Å². The van der Waals surface area contributed by atoms with Crippen LogP contribution in [0, 0.1) is 5.92 Å². The highest BCUT2D eigenvalue weighted by Gasteiger charge is 2.37. The zero-order chi connectivity index (χ0) is 33.8. The van der Waals surface area contributed by atoms with Crippen molar-refractivity contribution in [3.63, 3.8) is 0 Å². The molecule has 2 amide bonds. The second-order valence-corrected chi connectivity index (χ2v) is 13.7. The van der Waals surface area contributed by atoms with Crippen LogP contribution in [0.4, 0.5) is 25.3 Å². The molecular formula is C34H44F2N8O4. The first kappa shape index (κ1) is 33.7. The van der Waals surface area contributed by atoms with Crippen LogP contribution in [-0.2, 0) is 14.3 Å². The average molecular weight is 667 g/mol. The minimum atomic E-state index is -2.80. The van der Waals surface area contributed by atoms with E-state index in [2.05, 4.69) is 20.3 Å². The van der Waals surface area contributed by atoms with Crippen LogP contribution in [0.1, 0.15) is 78.0 Å². The van der Waals surface area contributed by atoms with Crippen molar-refractivity contribution in [2.75, 3.05) is 37.7 Å². The molecule has 3 fully saturated rings. The lowest BCUT2D eigenvalue weighted by atomic mass is 9.84. The number of morpholine rings is 1. The molecule has 4 heterocycles. The monoisotopic (exact) mass is 666 g/mol. The third kappa shape index (κ3) is 7.91. The van der Waals surface area contributed by atoms with Gasteiger partial charge in [0.1, 0.15) is 17.5 Å². The SMILES string of the molecule is CC(C)(C)OC(=O)N1CCC[C@H]1C(=O)NC1CCC(C/C=N/c2cc(-n3c(C(F)F)nc4ccccc43)nc(N3CCOCC3)n2)CC1. The number of para-hydroxylation sites is 2. The number of aromatic nitrogens is 4. The Morgan fingerprint density at radius 2 is 1.81 bits per heavy atom. The van der Waals surface area contributed by atoms with Crippen LogP contribution < -0.4 is 10.2 Å². The Morgan fingerprint density at radius 1 is 1.06 bits per heavy atom. The number of hydrogen-bond acceptors (Lipinski definition) is 9. The number of alkyl halides is 2. The fourth-order valence-electron chi connectivity index (χ4n) is 6.64. The maximum absolute atomic E-state index is 14.2. The molecule has 14 heteroatoms. The number of anilines is 1. The summed E-state index contributed by atoms with van der Waals surface area (Å²) in [6, 6.07) is 8.18. The van der Waals surface area contributed by atoms with E-state index < -0.39 is 24.2 Å². The van der Waals surface area contributed by atoms with Gasteiger partial charge >= 0.3 is 6.09 Å². The van der Waals surface area contributed by atoms with Crippen molar-refractivity contribution in [1.29, 1.82) is 0 Å². The normalized spacial score (nSPS) is 22.2. The highest BCUT2D eigenvalue weighted by molar-refractivity contribution is 5.86. The minimum Gasteiger partial charge on any atom is -0.444 e. The lowest BCUT2D eigenvalue weighted by Crippen LogP contribution is -2.50. The summed E-state index contributed by atoms with van der Waals surface area (Å²) in [7, 11) is 0. The second-order valence-electron chi connectivity index (χ2n) is 13.7. The first-order chi connectivity index (χ1) is 23.1. The van der Waals surface area contributed by atoms with E-state index in [0.717, 1.165) is 38.5 Å². The third-order valence-electron chi connectivity index (χ3n) is 9.03. The lowest BCUT2D eigenvalue weighted by Gasteiger charge is -2.31. The molecule has 1 aliphatic carbocycles. The van der Waals surface area contributed by atoms with E-state index in [-0.39, 0.29) is 23.6 Å². The topological polar surface area (TPSA) is 127 Å². The molecule has 1 atom stereocenters. The van der Waals surface area contributed by atoms with Crippen LogP contribution >= 0.6 is 0 Å². The Morgan fingerprint density at radius 3 is 2.54 bits per heavy atom. The van der Waals surface area contributed by atoms with Crippen molar-refractivity contribution in [3.8, 4) is 5.82 Å². The molecule has 1 aromatic carbocycles. The standard InChI is InChI=1S/C34H44F2N8O4/c1-34(2,3)48-33(46)43-16-6-9-26(43)31(45)38-23-12-10-22(11-13-23)14-15-37-27-21-28(41-32(40-27)42-17-19-47-20-18-42)44-25-8-5-4-7-24(25)39-30(44)29(35)36/h4-5,7-8,15,21-23,26,29H,6,9-14,16-20H2,1-3H3,(H,38,45)/b37-15+/t22?,23?,26-/m0/s1. The largest absolute Gasteiger partial charge is 0.444 e. The molecule has 0 spiro atoms. The van der Waals surface area contributed by atoms with Crippen LogP contribution in [0.5, 0.6) is 0 Å². The average Bonchev–Trinajstić information content (AvgIpc) is 3.71. The number of amides is 2. The molecule has 2 aliphatic heterocycles. The summed E-state index contributed by atoms with van der Waals surface area (Å²) < 4.78 is 40.7. The Balaban J connectivity index is 1.10. The summed E-state index contributed by atoms with van der Waals surface area (Å²) in [5, 5.41) is 3.18. The number of nitrogens with one attached hydrogen (secondary N) is 1. The van der Waals surface area contributed by atoms with Crippen molar-refractivity contribution < 1.29 is 27.8 Å². The zero-order valence-electron chi connectivity index (χ0n) is 27.8. The van der Waals surface area contributed by atoms with Gasteiger partial charge in [0.2, 0.25) is 11.9 Å². The van der Waals surface area contributed by atoms with E-state index in [1.807, 2.05) is 31.9 Å². The Labute approximate surface area is 278 Å². The number of carbonyl (C=O) groups excluding carboxylic acids is 2. The van der Waals surface area contributed by atoms with Crippen molar-refractivity contribution in [1.82, 2.24) is 29.7 Å². The van der Waals surface area contributed by atoms with Crippen molar-refractivity contribution in [3.05, 3.63) is 36.2 Å². The van der Waals surface area contributed by atoms with Gasteiger partial charge in [-0.15, -0.1) is 0 Å². The van der Waals surface area contributed by atoms with E-state index in [0.29, 0.717) is 68.0 Å². The van der Waals surface area contributed by atoms with Gasteiger partial charge in [0.15, 0.2) is 11.6 Å². The Kier molecular flexibility index (Phi) is 10.2. The van der Waals surface area contributed by atoms with Gasteiger partial charge in [0, 0.05) is 38.0 Å². The first-order valence-corrected chi connectivity index (χ1v) is 16.9. The molecule has 0 unspecified atom stereocenters. The molecule has 258 valence electrons. The molecule has 1 saturated carbocycles. The second kappa shape index (κ2) is 14.5. The number of benzene rings is 1. The lowest BCUT2D eigenvalue weighted by molar-refractivity contribution is -0.126. The molecule has 2 saturated heterocycles. The molecule has 3 aliphatic rings. The van der Waals surface area contributed by atoms with Gasteiger partial charge in [0.05, 0.1) is 24.2 Å². The number of imidazole rings is 1. The quantitative estimate of drug-likeness (QED) is 0.301. The van der Waals surface area contributed by atoms with Gasteiger partial charge in [-0.3, -0.25) is 14.3 Å². The summed E-state index contributed by atoms with van der Waals surface area (Å²) in [6.45, 7) is 8.19. The Hall–Kier alpha value is -4.20. The van der Waals surface area contributed by atoms with E-state index in [1.54, 1.807) is 35.2 Å². The number of carbonyl (C=O) groups is 2. The molecule has 12 nitrogen and oxygen atoms in total. The van der Waals surface area contributed by atoms with Gasteiger partial charge in [-0.25, -0.2) is 23.6 Å². The number of ether oxygens (including phenoxy) is 2. The highest BCUT2D eigenvalue weighted by atomic mass is 19.3. The number of nitrogens with zero attached hydrogens (tertiary/aromatic N) is 7. The number of hydrogen-bond donors (Lipinski definition) is 1. The summed E-state index contributed by atoms with van der Waals surface area (Å²) in [6.07, 6.45) is 4.26. The minimum absolute atomic E-state index is 0.0568. The predicted octanol–water partition coefficient (Wildman–Crippen LogP) is 5.76. The van der Waals surface area contributed by atoms with Crippen LogP contribution in [0.3, 0.4) is 0 Å². The molecule has 2 aromatic heterocycles. The van der Waals surface area contributed by atoms with Gasteiger partial charge < -0.3 is 19.7 Å². The van der Waals surface area contributed by atoms with Crippen LogP contribution in [0.25, 0.3) is 16.9 Å². The summed E-state index contributed by atoms with van der Waals surface area (Å²) >= 11 is 0. The van der Waals surface area contributed by atoms with Crippen LogP contribution in [-0.4, -0.2) is 93.2 Å². The number of halogens is 2. The summed E-state index contributed by atoms with van der Waals surface area (Å²) in [5.41, 5.74) is 0.374. The molecule has 1 N–H and O–H groups in total. The number of aliphatic imine (C=N–C) groups is 1. The maximum atomic E-state index is 14.2. The van der Waals surface area contributed by atoms with E-state index in [1.165, 1.54) is 4.57 Å². The van der Waals surface area contributed by atoms with Crippen LogP contribution in [0.15, 0.2) is 35.3 Å². The number of fused-ring (bicyclic) bond motifs is 1. The first-order valence-electron chi connectivity index (χ1n) is 16.9. The van der Waals surface area contributed by atoms with E-state index in [4.69, 9.17) is 14.5 Å². The summed E-state index contributed by atoms with van der Waals surface area (Å²) in [5.74, 6) is 0.962.